The molecule has 2 rings (SSSR count). The monoisotopic (exact) mass is 223 g/mol. The van der Waals surface area contributed by atoms with Crippen LogP contribution >= 0.6 is 0 Å². The highest BCUT2D eigenvalue weighted by Gasteiger charge is 2.47. The molecule has 0 amide bonds. The second kappa shape index (κ2) is 4.15. The van der Waals surface area contributed by atoms with Gasteiger partial charge < -0.3 is 4.74 Å². The molecule has 1 spiro atoms. The molecule has 2 heterocycles. The summed E-state index contributed by atoms with van der Waals surface area (Å²) in [6, 6.07) is 0. The Morgan fingerprint density at radius 2 is 1.94 bits per heavy atom. The normalized spacial score (nSPS) is 26.1. The van der Waals surface area contributed by atoms with E-state index < -0.39 is 0 Å². The van der Waals surface area contributed by atoms with Crippen molar-refractivity contribution in [2.24, 2.45) is 5.41 Å². The summed E-state index contributed by atoms with van der Waals surface area (Å²) in [5.41, 5.74) is 2.25. The van der Waals surface area contributed by atoms with E-state index >= 15 is 0 Å². The van der Waals surface area contributed by atoms with Crippen LogP contribution in [0.15, 0.2) is 11.6 Å². The summed E-state index contributed by atoms with van der Waals surface area (Å²) in [6.07, 6.45) is 4.81. The van der Waals surface area contributed by atoms with E-state index in [9.17, 15) is 0 Å². The number of ether oxygens (including phenoxy) is 1. The van der Waals surface area contributed by atoms with Crippen LogP contribution in [-0.2, 0) is 4.74 Å². The third-order valence-corrected chi connectivity index (χ3v) is 4.13. The van der Waals surface area contributed by atoms with Crippen LogP contribution in [-0.4, -0.2) is 36.7 Å². The molecule has 0 radical (unpaired) electrons. The lowest BCUT2D eigenvalue weighted by atomic mass is 9.71. The largest absolute Gasteiger partial charge is 0.381 e. The molecule has 0 aromatic heterocycles. The van der Waals surface area contributed by atoms with E-state index in [0.717, 1.165) is 26.3 Å². The minimum Gasteiger partial charge on any atom is -0.381 e. The van der Waals surface area contributed by atoms with Crippen molar-refractivity contribution in [3.8, 4) is 0 Å². The maximum atomic E-state index is 5.56. The molecule has 2 aliphatic heterocycles. The van der Waals surface area contributed by atoms with Crippen LogP contribution in [0, 0.1) is 5.41 Å². The summed E-state index contributed by atoms with van der Waals surface area (Å²) >= 11 is 0. The van der Waals surface area contributed by atoms with E-state index in [1.54, 1.807) is 5.57 Å². The zero-order valence-electron chi connectivity index (χ0n) is 11.2. The topological polar surface area (TPSA) is 12.5 Å². The molecule has 16 heavy (non-hydrogen) atoms. The van der Waals surface area contributed by atoms with Crippen molar-refractivity contribution in [1.29, 1.82) is 0 Å². The third-order valence-electron chi connectivity index (χ3n) is 4.13. The fraction of sp³-hybridized carbons (Fsp3) is 0.857. The fourth-order valence-electron chi connectivity index (χ4n) is 3.47. The Balaban J connectivity index is 2.31. The van der Waals surface area contributed by atoms with Gasteiger partial charge in [0.25, 0.3) is 0 Å². The lowest BCUT2D eigenvalue weighted by Crippen LogP contribution is -2.52. The Labute approximate surface area is 99.7 Å². The molecule has 92 valence electrons. The van der Waals surface area contributed by atoms with Crippen LogP contribution in [0.2, 0.25) is 0 Å². The van der Waals surface area contributed by atoms with E-state index in [0.29, 0.717) is 11.0 Å². The summed E-state index contributed by atoms with van der Waals surface area (Å²) in [4.78, 5) is 2.64. The second-order valence-electron chi connectivity index (χ2n) is 6.05. The van der Waals surface area contributed by atoms with E-state index in [1.807, 2.05) is 0 Å². The van der Waals surface area contributed by atoms with Gasteiger partial charge in [-0.25, -0.2) is 0 Å². The zero-order valence-corrected chi connectivity index (χ0v) is 11.2. The predicted molar refractivity (Wildman–Crippen MR) is 67.6 cm³/mol. The average molecular weight is 223 g/mol. The first-order valence-corrected chi connectivity index (χ1v) is 6.54. The van der Waals surface area contributed by atoms with Gasteiger partial charge in [0, 0.05) is 25.3 Å². The SMILES string of the molecule is CCN1CC=C(C(C)(C)C)C12CCOCC2. The smallest absolute Gasteiger partial charge is 0.0486 e. The summed E-state index contributed by atoms with van der Waals surface area (Å²) in [6.45, 7) is 13.4. The molecule has 0 aliphatic carbocycles. The molecule has 0 bridgehead atoms. The Hall–Kier alpha value is -0.340. The van der Waals surface area contributed by atoms with Crippen LogP contribution in [0.25, 0.3) is 0 Å². The van der Waals surface area contributed by atoms with Gasteiger partial charge in [0.2, 0.25) is 0 Å². The minimum atomic E-state index is 0.293. The van der Waals surface area contributed by atoms with Gasteiger partial charge in [0.1, 0.15) is 0 Å². The molecule has 2 heteroatoms. The van der Waals surface area contributed by atoms with E-state index in [-0.39, 0.29) is 0 Å². The number of hydrogen-bond donors (Lipinski definition) is 0. The number of nitrogens with zero attached hydrogens (tertiary/aromatic N) is 1. The predicted octanol–water partition coefficient (Wildman–Crippen LogP) is 2.84. The molecule has 1 fully saturated rings. The first-order valence-electron chi connectivity index (χ1n) is 6.54. The quantitative estimate of drug-likeness (QED) is 0.634. The molecule has 2 aliphatic rings. The van der Waals surface area contributed by atoms with Gasteiger partial charge in [-0.2, -0.15) is 0 Å². The van der Waals surface area contributed by atoms with Crippen molar-refractivity contribution in [2.75, 3.05) is 26.3 Å². The number of rotatable bonds is 1. The van der Waals surface area contributed by atoms with Crippen molar-refractivity contribution in [3.05, 3.63) is 11.6 Å². The summed E-state index contributed by atoms with van der Waals surface area (Å²) in [5.74, 6) is 0. The molecular formula is C14H25NO. The zero-order chi connectivity index (χ0) is 11.8. The van der Waals surface area contributed by atoms with Crippen molar-refractivity contribution in [3.63, 3.8) is 0 Å². The maximum Gasteiger partial charge on any atom is 0.0486 e. The number of hydrogen-bond acceptors (Lipinski definition) is 2. The molecule has 2 nitrogen and oxygen atoms in total. The van der Waals surface area contributed by atoms with Crippen LogP contribution in [0.3, 0.4) is 0 Å². The van der Waals surface area contributed by atoms with Crippen LogP contribution in [0.5, 0.6) is 0 Å². The van der Waals surface area contributed by atoms with Gasteiger partial charge in [-0.1, -0.05) is 33.8 Å². The summed E-state index contributed by atoms with van der Waals surface area (Å²) in [7, 11) is 0. The van der Waals surface area contributed by atoms with Crippen molar-refractivity contribution in [1.82, 2.24) is 4.90 Å². The highest BCUT2D eigenvalue weighted by molar-refractivity contribution is 5.32. The van der Waals surface area contributed by atoms with Crippen LogP contribution < -0.4 is 0 Å². The van der Waals surface area contributed by atoms with E-state index in [4.69, 9.17) is 4.74 Å². The van der Waals surface area contributed by atoms with E-state index in [1.165, 1.54) is 12.8 Å². The summed E-state index contributed by atoms with van der Waals surface area (Å²) in [5, 5.41) is 0. The van der Waals surface area contributed by atoms with Crippen molar-refractivity contribution >= 4 is 0 Å². The Kier molecular flexibility index (Phi) is 3.15. The minimum absolute atomic E-state index is 0.293. The van der Waals surface area contributed by atoms with Gasteiger partial charge in [-0.3, -0.25) is 4.90 Å². The van der Waals surface area contributed by atoms with Crippen molar-refractivity contribution in [2.45, 2.75) is 46.1 Å². The van der Waals surface area contributed by atoms with Gasteiger partial charge in [-0.05, 0) is 30.4 Å². The molecular weight excluding hydrogens is 198 g/mol. The van der Waals surface area contributed by atoms with E-state index in [2.05, 4.69) is 38.7 Å². The molecule has 0 unspecified atom stereocenters. The lowest BCUT2D eigenvalue weighted by molar-refractivity contribution is -0.00137. The van der Waals surface area contributed by atoms with Crippen molar-refractivity contribution < 1.29 is 4.74 Å². The summed E-state index contributed by atoms with van der Waals surface area (Å²) < 4.78 is 5.56. The highest BCUT2D eigenvalue weighted by Crippen LogP contribution is 2.46. The van der Waals surface area contributed by atoms with Crippen LogP contribution in [0.1, 0.15) is 40.5 Å². The Morgan fingerprint density at radius 3 is 2.44 bits per heavy atom. The lowest BCUT2D eigenvalue weighted by Gasteiger charge is -2.47. The Bertz CT molecular complexity index is 282. The highest BCUT2D eigenvalue weighted by atomic mass is 16.5. The second-order valence-corrected chi connectivity index (χ2v) is 6.05. The molecule has 1 saturated heterocycles. The number of likely N-dealkylation sites (N-methyl/N-ethyl adjacent to an activating group) is 1. The maximum absolute atomic E-state index is 5.56. The standard InChI is InChI=1S/C14H25NO/c1-5-15-9-6-12(13(2,3)4)14(15)7-10-16-11-8-14/h6H,5,7-11H2,1-4H3. The fourth-order valence-corrected chi connectivity index (χ4v) is 3.47. The average Bonchev–Trinajstić information content (AvgIpc) is 2.57. The third kappa shape index (κ3) is 1.82. The van der Waals surface area contributed by atoms with Gasteiger partial charge in [-0.15, -0.1) is 0 Å². The first kappa shape index (κ1) is 12.1. The van der Waals surface area contributed by atoms with Crippen LogP contribution in [0.4, 0.5) is 0 Å². The molecule has 0 aromatic carbocycles. The Morgan fingerprint density at radius 1 is 1.31 bits per heavy atom. The molecule has 0 saturated carbocycles. The van der Waals surface area contributed by atoms with Gasteiger partial charge in [0.15, 0.2) is 0 Å². The molecule has 0 aromatic rings. The molecule has 0 N–H and O–H groups in total. The van der Waals surface area contributed by atoms with Gasteiger partial charge in [0.05, 0.1) is 0 Å². The van der Waals surface area contributed by atoms with Gasteiger partial charge >= 0.3 is 0 Å². The first-order chi connectivity index (χ1) is 7.50. The molecule has 0 atom stereocenters.